The van der Waals surface area contributed by atoms with Crippen molar-refractivity contribution in [1.29, 1.82) is 0 Å². The lowest BCUT2D eigenvalue weighted by Crippen LogP contribution is -2.43. The van der Waals surface area contributed by atoms with Crippen molar-refractivity contribution in [2.45, 2.75) is 26.8 Å². The summed E-state index contributed by atoms with van der Waals surface area (Å²) in [4.78, 5) is 24.0. The molecule has 0 aromatic carbocycles. The summed E-state index contributed by atoms with van der Waals surface area (Å²) in [6.45, 7) is 9.34. The summed E-state index contributed by atoms with van der Waals surface area (Å²) in [7, 11) is 0. The van der Waals surface area contributed by atoms with Gasteiger partial charge in [0.25, 0.3) is 0 Å². The molecule has 0 radical (unpaired) electrons. The van der Waals surface area contributed by atoms with Crippen LogP contribution in [0.5, 0.6) is 0 Å². The average Bonchev–Trinajstić information content (AvgIpc) is 2.18. The highest BCUT2D eigenvalue weighted by Crippen LogP contribution is 2.02. The summed E-state index contributed by atoms with van der Waals surface area (Å²) < 4.78 is 4.81. The molecule has 0 aliphatic carbocycles. The molecule has 0 saturated carbocycles. The third-order valence-electron chi connectivity index (χ3n) is 1.89. The molecule has 0 unspecified atom stereocenters. The van der Waals surface area contributed by atoms with E-state index in [-0.39, 0.29) is 11.9 Å². The molecule has 80 valence electrons. The molecule has 0 aliphatic rings. The highest BCUT2D eigenvalue weighted by molar-refractivity contribution is 5.90. The molecule has 1 atom stereocenters. The van der Waals surface area contributed by atoms with E-state index in [0.717, 1.165) is 0 Å². The first-order chi connectivity index (χ1) is 6.58. The molecule has 0 aliphatic heterocycles. The zero-order valence-electron chi connectivity index (χ0n) is 8.95. The number of carbonyl (C=O) groups excluding carboxylic acids is 2. The van der Waals surface area contributed by atoms with Gasteiger partial charge in [-0.05, 0) is 26.8 Å². The zero-order chi connectivity index (χ0) is 11.1. The van der Waals surface area contributed by atoms with Crippen molar-refractivity contribution < 1.29 is 14.3 Å². The fourth-order valence-corrected chi connectivity index (χ4v) is 1.13. The highest BCUT2D eigenvalue weighted by atomic mass is 16.5. The maximum absolute atomic E-state index is 11.3. The number of hydrogen-bond donors (Lipinski definition) is 0. The van der Waals surface area contributed by atoms with Crippen LogP contribution in [0.3, 0.4) is 0 Å². The number of amides is 1. The second kappa shape index (κ2) is 6.18. The van der Waals surface area contributed by atoms with Crippen LogP contribution in [-0.2, 0) is 14.3 Å². The van der Waals surface area contributed by atoms with Crippen molar-refractivity contribution in [3.05, 3.63) is 12.7 Å². The smallest absolute Gasteiger partial charge is 0.328 e. The van der Waals surface area contributed by atoms with E-state index in [1.165, 1.54) is 11.0 Å². The van der Waals surface area contributed by atoms with E-state index >= 15 is 0 Å². The van der Waals surface area contributed by atoms with Gasteiger partial charge in [-0.3, -0.25) is 4.79 Å². The number of esters is 1. The molecule has 0 bridgehead atoms. The number of likely N-dealkylation sites (N-methyl/N-ethyl adjacent to an activating group) is 1. The van der Waals surface area contributed by atoms with E-state index in [2.05, 4.69) is 6.58 Å². The van der Waals surface area contributed by atoms with Gasteiger partial charge >= 0.3 is 5.97 Å². The van der Waals surface area contributed by atoms with Crippen molar-refractivity contribution in [3.8, 4) is 0 Å². The maximum atomic E-state index is 11.3. The molecule has 0 aromatic heterocycles. The molecule has 14 heavy (non-hydrogen) atoms. The predicted molar refractivity (Wildman–Crippen MR) is 53.7 cm³/mol. The first-order valence-corrected chi connectivity index (χ1v) is 4.68. The van der Waals surface area contributed by atoms with E-state index in [1.54, 1.807) is 20.8 Å². The van der Waals surface area contributed by atoms with Crippen LogP contribution in [0.2, 0.25) is 0 Å². The summed E-state index contributed by atoms with van der Waals surface area (Å²) in [5, 5.41) is 0. The fourth-order valence-electron chi connectivity index (χ4n) is 1.13. The average molecular weight is 199 g/mol. The van der Waals surface area contributed by atoms with Gasteiger partial charge in [0.2, 0.25) is 5.91 Å². The lowest BCUT2D eigenvalue weighted by Gasteiger charge is -2.24. The number of hydrogen-bond acceptors (Lipinski definition) is 3. The summed E-state index contributed by atoms with van der Waals surface area (Å²) in [6.07, 6.45) is 1.19. The minimum Gasteiger partial charge on any atom is -0.464 e. The van der Waals surface area contributed by atoms with Gasteiger partial charge < -0.3 is 9.64 Å². The first-order valence-electron chi connectivity index (χ1n) is 4.68. The molecule has 1 amide bonds. The Hall–Kier alpha value is -1.32. The van der Waals surface area contributed by atoms with Crippen molar-refractivity contribution >= 4 is 11.9 Å². The molecule has 0 saturated heterocycles. The Labute approximate surface area is 84.5 Å². The Kier molecular flexibility index (Phi) is 5.60. The van der Waals surface area contributed by atoms with Gasteiger partial charge in [0.05, 0.1) is 6.61 Å². The Morgan fingerprint density at radius 2 is 2.07 bits per heavy atom. The highest BCUT2D eigenvalue weighted by Gasteiger charge is 2.23. The van der Waals surface area contributed by atoms with E-state index in [9.17, 15) is 9.59 Å². The van der Waals surface area contributed by atoms with E-state index < -0.39 is 6.04 Å². The Balaban J connectivity index is 4.44. The van der Waals surface area contributed by atoms with E-state index in [4.69, 9.17) is 4.74 Å². The molecule has 0 heterocycles. The van der Waals surface area contributed by atoms with Gasteiger partial charge in [-0.25, -0.2) is 4.79 Å². The van der Waals surface area contributed by atoms with Gasteiger partial charge in [-0.1, -0.05) is 6.58 Å². The van der Waals surface area contributed by atoms with Crippen molar-refractivity contribution in [1.82, 2.24) is 4.90 Å². The van der Waals surface area contributed by atoms with Crippen molar-refractivity contribution in [2.24, 2.45) is 0 Å². The van der Waals surface area contributed by atoms with E-state index in [1.807, 2.05) is 0 Å². The third kappa shape index (κ3) is 3.20. The second-order valence-corrected chi connectivity index (χ2v) is 2.76. The van der Waals surface area contributed by atoms with E-state index in [0.29, 0.717) is 13.2 Å². The van der Waals surface area contributed by atoms with Gasteiger partial charge in [0, 0.05) is 6.54 Å². The molecule has 0 N–H and O–H groups in total. The molecular weight excluding hydrogens is 182 g/mol. The Morgan fingerprint density at radius 1 is 1.50 bits per heavy atom. The van der Waals surface area contributed by atoms with Crippen LogP contribution in [0.1, 0.15) is 20.8 Å². The molecule has 0 rings (SSSR count). The summed E-state index contributed by atoms with van der Waals surface area (Å²) in [5.74, 6) is -0.641. The summed E-state index contributed by atoms with van der Waals surface area (Å²) >= 11 is 0. The first kappa shape index (κ1) is 12.7. The van der Waals surface area contributed by atoms with Crippen LogP contribution in [0.4, 0.5) is 0 Å². The summed E-state index contributed by atoms with van der Waals surface area (Å²) in [5.41, 5.74) is 0. The minimum atomic E-state index is -0.551. The topological polar surface area (TPSA) is 46.6 Å². The quantitative estimate of drug-likeness (QED) is 0.489. The van der Waals surface area contributed by atoms with Crippen molar-refractivity contribution in [2.75, 3.05) is 13.2 Å². The SMILES string of the molecule is C=CC(=O)N(CC)[C@@H](C)C(=O)OCC. The largest absolute Gasteiger partial charge is 0.464 e. The van der Waals surface area contributed by atoms with Crippen LogP contribution >= 0.6 is 0 Å². The zero-order valence-corrected chi connectivity index (χ0v) is 8.95. The molecule has 0 fully saturated rings. The monoisotopic (exact) mass is 199 g/mol. The van der Waals surface area contributed by atoms with Gasteiger partial charge in [-0.2, -0.15) is 0 Å². The van der Waals surface area contributed by atoms with Gasteiger partial charge in [0.15, 0.2) is 0 Å². The molecule has 0 aromatic rings. The number of rotatable bonds is 5. The lowest BCUT2D eigenvalue weighted by atomic mass is 10.2. The van der Waals surface area contributed by atoms with Crippen LogP contribution < -0.4 is 0 Å². The van der Waals surface area contributed by atoms with Crippen LogP contribution in [0.15, 0.2) is 12.7 Å². The van der Waals surface area contributed by atoms with Crippen LogP contribution in [0, 0.1) is 0 Å². The normalized spacial score (nSPS) is 11.6. The standard InChI is InChI=1S/C10H17NO3/c1-5-9(12)11(6-2)8(4)10(13)14-7-3/h5,8H,1,6-7H2,2-4H3/t8-/m0/s1. The molecular formula is C10H17NO3. The Bertz CT molecular complexity index is 225. The van der Waals surface area contributed by atoms with Crippen LogP contribution in [0.25, 0.3) is 0 Å². The molecule has 4 heteroatoms. The fraction of sp³-hybridized carbons (Fsp3) is 0.600. The third-order valence-corrected chi connectivity index (χ3v) is 1.89. The maximum Gasteiger partial charge on any atom is 0.328 e. The van der Waals surface area contributed by atoms with Crippen molar-refractivity contribution in [3.63, 3.8) is 0 Å². The predicted octanol–water partition coefficient (Wildman–Crippen LogP) is 0.972. The Morgan fingerprint density at radius 3 is 2.43 bits per heavy atom. The number of carbonyl (C=O) groups is 2. The lowest BCUT2D eigenvalue weighted by molar-refractivity contribution is -0.152. The second-order valence-electron chi connectivity index (χ2n) is 2.76. The number of nitrogens with zero attached hydrogens (tertiary/aromatic N) is 1. The minimum absolute atomic E-state index is 0.256. The molecule has 0 spiro atoms. The van der Waals surface area contributed by atoms with Crippen LogP contribution in [-0.4, -0.2) is 36.0 Å². The van der Waals surface area contributed by atoms with Gasteiger partial charge in [-0.15, -0.1) is 0 Å². The summed E-state index contributed by atoms with van der Waals surface area (Å²) in [6, 6.07) is -0.551. The molecule has 4 nitrogen and oxygen atoms in total. The van der Waals surface area contributed by atoms with Gasteiger partial charge in [0.1, 0.15) is 6.04 Å². The number of ether oxygens (including phenoxy) is 1.